The molecule has 0 saturated heterocycles. The van der Waals surface area contributed by atoms with E-state index in [-0.39, 0.29) is 116 Å². The Labute approximate surface area is 437 Å². The summed E-state index contributed by atoms with van der Waals surface area (Å²) in [6, 6.07) is 38.1. The molecule has 28 radical (unpaired) electrons. The summed E-state index contributed by atoms with van der Waals surface area (Å²) < 4.78 is 1.99. The van der Waals surface area contributed by atoms with Crippen LogP contribution in [0.15, 0.2) is 109 Å². The minimum absolute atomic E-state index is 0.000908. The first-order chi connectivity index (χ1) is 34.6. The smallest absolute Gasteiger partial charge is 0.238 e. The zero-order valence-electron chi connectivity index (χ0n) is 39.3. The van der Waals surface area contributed by atoms with Gasteiger partial charge in [-0.25, -0.2) is 4.98 Å². The normalized spacial score (nSPS) is 12.6. The zero-order chi connectivity index (χ0) is 51.0. The van der Waals surface area contributed by atoms with E-state index in [0.717, 1.165) is 44.1 Å². The average molecular weight is 880 g/mol. The summed E-state index contributed by atoms with van der Waals surface area (Å²) in [6.45, 7) is 4.00. The van der Waals surface area contributed by atoms with E-state index in [9.17, 15) is 0 Å². The molecule has 0 saturated carbocycles. The molecule has 0 bridgehead atoms. The lowest BCUT2D eigenvalue weighted by Gasteiger charge is -2.30. The van der Waals surface area contributed by atoms with Gasteiger partial charge in [-0.2, -0.15) is 9.97 Å². The fraction of sp³-hybridized carbons (Fsp3) is 0.0556. The van der Waals surface area contributed by atoms with E-state index in [1.54, 1.807) is 0 Å². The highest BCUT2D eigenvalue weighted by Crippen LogP contribution is 2.64. The predicted molar refractivity (Wildman–Crippen MR) is 314 cm³/mol. The number of hydrogen-bond donors (Lipinski definition) is 0. The Morgan fingerprint density at radius 1 is 0.319 bits per heavy atom. The molecular weight excluding hydrogens is 856 g/mol. The molecule has 0 atom stereocenters. The molecule has 10 aromatic rings. The minimum atomic E-state index is -0.668. The standard InChI is InChI=1S/C52H18B14N4.C2H6/c53-34-30(31-36(55)42(61)46(65)43(62)37(31)56)35(54)39(58)32(38(34)57)49-67-50(33-40(59)44(63)47(66)45(64)41(33)60)69-51(68-49)70-28-16-8-4-11-21(28)22-17-18-27-29(48(22)70)23-12-3-7-15-26(23)52(27)24-13-5-1-9-19(24)20-10-2-6-14-25(20)52;1-2/h1-18H;1-2H3. The van der Waals surface area contributed by atoms with Crippen LogP contribution in [0.2, 0.25) is 0 Å². The molecule has 4 nitrogen and oxygen atoms in total. The van der Waals surface area contributed by atoms with E-state index in [1.807, 2.05) is 36.6 Å². The Morgan fingerprint density at radius 3 is 1.17 bits per heavy atom. The fourth-order valence-corrected chi connectivity index (χ4v) is 11.1. The fourth-order valence-electron chi connectivity index (χ4n) is 11.1. The Bertz CT molecular complexity index is 3900. The molecule has 0 fully saturated rings. The molecule has 1 spiro atoms. The van der Waals surface area contributed by atoms with Crippen molar-refractivity contribution >= 4 is 208 Å². The number of para-hydroxylation sites is 1. The number of aromatic nitrogens is 4. The Morgan fingerprint density at radius 2 is 0.681 bits per heavy atom. The molecule has 2 aliphatic rings. The molecule has 2 aromatic heterocycles. The molecule has 0 N–H and O–H groups in total. The molecule has 2 aliphatic carbocycles. The molecule has 0 aliphatic heterocycles. The molecule has 302 valence electrons. The number of nitrogens with zero attached hydrogens (tertiary/aromatic N) is 4. The van der Waals surface area contributed by atoms with Crippen LogP contribution in [0.4, 0.5) is 0 Å². The highest BCUT2D eigenvalue weighted by molar-refractivity contribution is 6.71. The number of rotatable bonds is 4. The highest BCUT2D eigenvalue weighted by Gasteiger charge is 2.52. The topological polar surface area (TPSA) is 43.6 Å². The number of benzene rings is 8. The lowest BCUT2D eigenvalue weighted by molar-refractivity contribution is 0.794. The van der Waals surface area contributed by atoms with Crippen LogP contribution in [0.25, 0.3) is 83.9 Å². The zero-order valence-corrected chi connectivity index (χ0v) is 39.3. The van der Waals surface area contributed by atoms with Crippen molar-refractivity contribution in [2.24, 2.45) is 0 Å². The molecular formula is C54H24B14N4. The molecule has 12 rings (SSSR count). The van der Waals surface area contributed by atoms with Crippen molar-refractivity contribution in [3.63, 3.8) is 0 Å². The summed E-state index contributed by atoms with van der Waals surface area (Å²) in [4.78, 5) is 15.3. The summed E-state index contributed by atoms with van der Waals surface area (Å²) >= 11 is 0. The van der Waals surface area contributed by atoms with Crippen LogP contribution >= 0.6 is 0 Å². The maximum absolute atomic E-state index is 7.02. The maximum Gasteiger partial charge on any atom is 0.238 e. The van der Waals surface area contributed by atoms with E-state index in [1.165, 1.54) is 22.3 Å². The van der Waals surface area contributed by atoms with Gasteiger partial charge in [0, 0.05) is 27.5 Å². The van der Waals surface area contributed by atoms with Gasteiger partial charge in [-0.3, -0.25) is 4.57 Å². The first kappa shape index (κ1) is 47.8. The van der Waals surface area contributed by atoms with Crippen molar-refractivity contribution in [1.29, 1.82) is 0 Å². The first-order valence-electron chi connectivity index (χ1n) is 23.0. The van der Waals surface area contributed by atoms with Crippen LogP contribution in [0, 0.1) is 0 Å². The summed E-state index contributed by atoms with van der Waals surface area (Å²) in [5, 5.41) is 1.85. The third kappa shape index (κ3) is 6.29. The summed E-state index contributed by atoms with van der Waals surface area (Å²) in [5.41, 5.74) is 9.56. The SMILES string of the molecule is CC.[B]c1c([B])c([B])c(-c2nc(-c3c([B])c([B])c(-c4c([B])c([B])c([B])c([B])c4[B])c([B])c3[B])nc(-n3c4ccccc4c4ccc5c(c43)-c3ccccc3C53c4ccccc4-c4ccccc43)n2)c([B])c1[B]. The first-order valence-corrected chi connectivity index (χ1v) is 23.0. The third-order valence-corrected chi connectivity index (χ3v) is 14.4. The maximum atomic E-state index is 7.02. The van der Waals surface area contributed by atoms with Crippen molar-refractivity contribution in [2.45, 2.75) is 19.3 Å². The van der Waals surface area contributed by atoms with Crippen molar-refractivity contribution in [1.82, 2.24) is 19.5 Å². The van der Waals surface area contributed by atoms with Crippen LogP contribution in [-0.4, -0.2) is 129 Å². The summed E-state index contributed by atoms with van der Waals surface area (Å²) in [7, 11) is 92.4. The second kappa shape index (κ2) is 17.3. The van der Waals surface area contributed by atoms with Crippen molar-refractivity contribution < 1.29 is 0 Å². The third-order valence-electron chi connectivity index (χ3n) is 14.4. The van der Waals surface area contributed by atoms with Gasteiger partial charge in [0.15, 0.2) is 11.6 Å². The van der Waals surface area contributed by atoms with E-state index in [2.05, 4.69) is 91.0 Å². The van der Waals surface area contributed by atoms with Crippen LogP contribution in [0.5, 0.6) is 0 Å². The molecule has 8 aromatic carbocycles. The van der Waals surface area contributed by atoms with Crippen LogP contribution in [0.3, 0.4) is 0 Å². The monoisotopic (exact) mass is 882 g/mol. The van der Waals surface area contributed by atoms with Crippen molar-refractivity contribution in [3.8, 4) is 62.1 Å². The highest BCUT2D eigenvalue weighted by atomic mass is 15.2. The van der Waals surface area contributed by atoms with Crippen LogP contribution in [-0.2, 0) is 5.41 Å². The lowest BCUT2D eigenvalue weighted by atomic mass is 9.56. The minimum Gasteiger partial charge on any atom is -0.277 e. The van der Waals surface area contributed by atoms with E-state index in [4.69, 9.17) is 125 Å². The second-order valence-electron chi connectivity index (χ2n) is 17.7. The molecule has 18 heteroatoms. The molecule has 0 amide bonds. The van der Waals surface area contributed by atoms with Gasteiger partial charge in [0.2, 0.25) is 5.95 Å². The van der Waals surface area contributed by atoms with Gasteiger partial charge in [-0.1, -0.05) is 161 Å². The van der Waals surface area contributed by atoms with Crippen molar-refractivity contribution in [3.05, 3.63) is 131 Å². The van der Waals surface area contributed by atoms with Gasteiger partial charge in [0.1, 0.15) is 110 Å². The van der Waals surface area contributed by atoms with E-state index >= 15 is 0 Å². The van der Waals surface area contributed by atoms with Gasteiger partial charge in [-0.05, 0) is 56.1 Å². The lowest BCUT2D eigenvalue weighted by Crippen LogP contribution is -2.57. The summed E-state index contributed by atoms with van der Waals surface area (Å²) in [5.74, 6) is -0.000326. The Kier molecular flexibility index (Phi) is 11.5. The molecule has 0 unspecified atom stereocenters. The van der Waals surface area contributed by atoms with Crippen molar-refractivity contribution in [2.75, 3.05) is 0 Å². The van der Waals surface area contributed by atoms with Crippen LogP contribution < -0.4 is 76.5 Å². The Balaban J connectivity index is 0.00000277. The van der Waals surface area contributed by atoms with Gasteiger partial charge in [0.25, 0.3) is 0 Å². The number of hydrogen-bond acceptors (Lipinski definition) is 3. The van der Waals surface area contributed by atoms with Gasteiger partial charge in [0.05, 0.1) is 16.4 Å². The number of fused-ring (bicyclic) bond motifs is 14. The second-order valence-corrected chi connectivity index (χ2v) is 17.7. The van der Waals surface area contributed by atoms with Gasteiger partial charge < -0.3 is 0 Å². The quantitative estimate of drug-likeness (QED) is 0.173. The molecule has 72 heavy (non-hydrogen) atoms. The Hall–Kier alpha value is -6.52. The van der Waals surface area contributed by atoms with E-state index in [0.29, 0.717) is 0 Å². The van der Waals surface area contributed by atoms with Gasteiger partial charge in [-0.15, -0.1) is 32.8 Å². The van der Waals surface area contributed by atoms with Gasteiger partial charge >= 0.3 is 0 Å². The predicted octanol–water partition coefficient (Wildman–Crippen LogP) is -3.55. The molecule has 2 heterocycles. The average Bonchev–Trinajstić information content (AvgIpc) is 4.01. The summed E-state index contributed by atoms with van der Waals surface area (Å²) in [6.07, 6.45) is 0. The van der Waals surface area contributed by atoms with Crippen LogP contribution in [0.1, 0.15) is 36.1 Å². The van der Waals surface area contributed by atoms with E-state index < -0.39 is 5.41 Å². The largest absolute Gasteiger partial charge is 0.277 e.